The minimum absolute atomic E-state index is 0.0810. The number of amides is 1. The summed E-state index contributed by atoms with van der Waals surface area (Å²) in [5.74, 6) is 2.57. The highest BCUT2D eigenvalue weighted by Crippen LogP contribution is 2.31. The van der Waals surface area contributed by atoms with Crippen LogP contribution in [0.2, 0.25) is 0 Å². The second kappa shape index (κ2) is 12.2. The molecule has 0 spiro atoms. The van der Waals surface area contributed by atoms with E-state index < -0.39 is 0 Å². The van der Waals surface area contributed by atoms with Crippen molar-refractivity contribution in [3.05, 3.63) is 48.7 Å². The van der Waals surface area contributed by atoms with Crippen LogP contribution in [0.5, 0.6) is 5.75 Å². The van der Waals surface area contributed by atoms with Crippen LogP contribution in [0.1, 0.15) is 25.7 Å². The number of aromatic nitrogens is 1. The van der Waals surface area contributed by atoms with Crippen molar-refractivity contribution in [3.8, 4) is 5.75 Å². The third-order valence-corrected chi connectivity index (χ3v) is 7.23. The van der Waals surface area contributed by atoms with Crippen LogP contribution in [0.3, 0.4) is 0 Å². The maximum Gasteiger partial charge on any atom is 0.231 e. The number of para-hydroxylation sites is 2. The standard InChI is InChI=1S/C27H38N4O3/c1-33-21-22-10-12-23(13-11-22)27(32)31(26-9-5-6-14-28-26)20-17-29-15-18-30(19-16-29)24-7-3-4-8-25(24)34-2/h3-9,14,22-23H,10-13,15-21H2,1-2H3. The van der Waals surface area contributed by atoms with Crippen molar-refractivity contribution in [1.82, 2.24) is 9.88 Å². The molecular weight excluding hydrogens is 428 g/mol. The SMILES string of the molecule is COCC1CCC(C(=O)N(CCN2CCN(c3ccccc3OC)CC2)c2ccccn2)CC1. The summed E-state index contributed by atoms with van der Waals surface area (Å²) in [5, 5.41) is 0. The molecule has 34 heavy (non-hydrogen) atoms. The predicted octanol–water partition coefficient (Wildman–Crippen LogP) is 3.70. The third kappa shape index (κ3) is 6.07. The molecule has 2 aliphatic rings. The van der Waals surface area contributed by atoms with Gasteiger partial charge in [-0.2, -0.15) is 0 Å². The van der Waals surface area contributed by atoms with Crippen molar-refractivity contribution < 1.29 is 14.3 Å². The summed E-state index contributed by atoms with van der Waals surface area (Å²) in [6, 6.07) is 14.0. The number of methoxy groups -OCH3 is 2. The second-order valence-corrected chi connectivity index (χ2v) is 9.35. The van der Waals surface area contributed by atoms with Gasteiger partial charge in [0.15, 0.2) is 0 Å². The fourth-order valence-corrected chi connectivity index (χ4v) is 5.23. The molecule has 1 amide bonds. The van der Waals surface area contributed by atoms with Crippen LogP contribution in [-0.2, 0) is 9.53 Å². The molecule has 7 heteroatoms. The number of anilines is 2. The van der Waals surface area contributed by atoms with Gasteiger partial charge in [-0.3, -0.25) is 14.6 Å². The number of pyridine rings is 1. The minimum atomic E-state index is 0.0810. The van der Waals surface area contributed by atoms with E-state index >= 15 is 0 Å². The molecule has 1 saturated heterocycles. The summed E-state index contributed by atoms with van der Waals surface area (Å²) in [6.45, 7) is 6.13. The molecule has 0 radical (unpaired) electrons. The first kappa shape index (κ1) is 24.5. The van der Waals surface area contributed by atoms with Crippen LogP contribution < -0.4 is 14.5 Å². The maximum atomic E-state index is 13.6. The van der Waals surface area contributed by atoms with Gasteiger partial charge in [-0.15, -0.1) is 0 Å². The van der Waals surface area contributed by atoms with E-state index in [-0.39, 0.29) is 11.8 Å². The third-order valence-electron chi connectivity index (χ3n) is 7.23. The Morgan fingerprint density at radius 3 is 2.41 bits per heavy atom. The lowest BCUT2D eigenvalue weighted by Crippen LogP contribution is -2.50. The molecule has 2 heterocycles. The van der Waals surface area contributed by atoms with Crippen molar-refractivity contribution in [2.24, 2.45) is 11.8 Å². The zero-order valence-corrected chi connectivity index (χ0v) is 20.6. The largest absolute Gasteiger partial charge is 0.495 e. The fourth-order valence-electron chi connectivity index (χ4n) is 5.23. The number of rotatable bonds is 9. The van der Waals surface area contributed by atoms with E-state index in [1.807, 2.05) is 35.2 Å². The van der Waals surface area contributed by atoms with Crippen molar-refractivity contribution in [3.63, 3.8) is 0 Å². The molecule has 1 aliphatic carbocycles. The van der Waals surface area contributed by atoms with Gasteiger partial charge < -0.3 is 14.4 Å². The number of hydrogen-bond donors (Lipinski definition) is 0. The monoisotopic (exact) mass is 466 g/mol. The smallest absolute Gasteiger partial charge is 0.231 e. The van der Waals surface area contributed by atoms with E-state index in [2.05, 4.69) is 26.9 Å². The van der Waals surface area contributed by atoms with Crippen LogP contribution >= 0.6 is 0 Å². The zero-order valence-electron chi connectivity index (χ0n) is 20.6. The molecule has 0 atom stereocenters. The Balaban J connectivity index is 1.34. The van der Waals surface area contributed by atoms with E-state index in [0.717, 1.165) is 82.3 Å². The molecule has 2 fully saturated rings. The highest BCUT2D eigenvalue weighted by molar-refractivity contribution is 5.94. The average molecular weight is 467 g/mol. The fraction of sp³-hybridized carbons (Fsp3) is 0.556. The quantitative estimate of drug-likeness (QED) is 0.562. The number of hydrogen-bond acceptors (Lipinski definition) is 6. The minimum Gasteiger partial charge on any atom is -0.495 e. The Labute approximate surface area is 203 Å². The Kier molecular flexibility index (Phi) is 8.77. The van der Waals surface area contributed by atoms with Gasteiger partial charge in [0.1, 0.15) is 11.6 Å². The van der Waals surface area contributed by atoms with E-state index in [0.29, 0.717) is 12.5 Å². The maximum absolute atomic E-state index is 13.6. The van der Waals surface area contributed by atoms with Gasteiger partial charge in [-0.25, -0.2) is 4.98 Å². The predicted molar refractivity (Wildman–Crippen MR) is 136 cm³/mol. The van der Waals surface area contributed by atoms with Gasteiger partial charge in [0.05, 0.1) is 12.8 Å². The lowest BCUT2D eigenvalue weighted by molar-refractivity contribution is -0.123. The molecule has 2 aromatic rings. The van der Waals surface area contributed by atoms with Gasteiger partial charge in [0.2, 0.25) is 5.91 Å². The Morgan fingerprint density at radius 2 is 1.74 bits per heavy atom. The molecular formula is C27H38N4O3. The first-order valence-electron chi connectivity index (χ1n) is 12.5. The molecule has 0 N–H and O–H groups in total. The Bertz CT molecular complexity index is 894. The Morgan fingerprint density at radius 1 is 1.00 bits per heavy atom. The molecule has 4 rings (SSSR count). The summed E-state index contributed by atoms with van der Waals surface area (Å²) in [5.41, 5.74) is 1.15. The van der Waals surface area contributed by atoms with E-state index in [9.17, 15) is 4.79 Å². The van der Waals surface area contributed by atoms with Gasteiger partial charge in [0.25, 0.3) is 0 Å². The lowest BCUT2D eigenvalue weighted by Gasteiger charge is -2.38. The van der Waals surface area contributed by atoms with E-state index in [1.54, 1.807) is 20.4 Å². The Hall–Kier alpha value is -2.64. The summed E-state index contributed by atoms with van der Waals surface area (Å²) in [7, 11) is 3.48. The van der Waals surface area contributed by atoms with Crippen molar-refractivity contribution in [1.29, 1.82) is 0 Å². The lowest BCUT2D eigenvalue weighted by atomic mass is 9.81. The van der Waals surface area contributed by atoms with Gasteiger partial charge in [-0.1, -0.05) is 18.2 Å². The summed E-state index contributed by atoms with van der Waals surface area (Å²) in [6.07, 6.45) is 5.77. The van der Waals surface area contributed by atoms with Gasteiger partial charge in [-0.05, 0) is 55.9 Å². The summed E-state index contributed by atoms with van der Waals surface area (Å²) >= 11 is 0. The topological polar surface area (TPSA) is 58.1 Å². The van der Waals surface area contributed by atoms with Crippen LogP contribution in [0.25, 0.3) is 0 Å². The number of nitrogens with zero attached hydrogens (tertiary/aromatic N) is 4. The molecule has 1 aliphatic heterocycles. The second-order valence-electron chi connectivity index (χ2n) is 9.35. The number of piperazine rings is 1. The van der Waals surface area contributed by atoms with Gasteiger partial charge in [0, 0.05) is 65.1 Å². The van der Waals surface area contributed by atoms with Crippen LogP contribution in [0.4, 0.5) is 11.5 Å². The number of carbonyl (C=O) groups excluding carboxylic acids is 1. The molecule has 0 unspecified atom stereocenters. The van der Waals surface area contributed by atoms with Crippen molar-refractivity contribution in [2.45, 2.75) is 25.7 Å². The average Bonchev–Trinajstić information content (AvgIpc) is 2.90. The van der Waals surface area contributed by atoms with Crippen molar-refractivity contribution in [2.75, 3.05) is 69.9 Å². The highest BCUT2D eigenvalue weighted by Gasteiger charge is 2.31. The van der Waals surface area contributed by atoms with E-state index in [4.69, 9.17) is 9.47 Å². The van der Waals surface area contributed by atoms with Crippen LogP contribution in [0.15, 0.2) is 48.7 Å². The summed E-state index contributed by atoms with van der Waals surface area (Å²) in [4.78, 5) is 24.8. The molecule has 1 saturated carbocycles. The van der Waals surface area contributed by atoms with Crippen molar-refractivity contribution >= 4 is 17.4 Å². The first-order chi connectivity index (χ1) is 16.7. The first-order valence-corrected chi connectivity index (χ1v) is 12.5. The van der Waals surface area contributed by atoms with Gasteiger partial charge >= 0.3 is 0 Å². The van der Waals surface area contributed by atoms with Crippen LogP contribution in [-0.4, -0.2) is 75.9 Å². The number of benzene rings is 1. The summed E-state index contributed by atoms with van der Waals surface area (Å²) < 4.78 is 10.9. The molecule has 7 nitrogen and oxygen atoms in total. The normalized spacial score (nSPS) is 21.3. The zero-order chi connectivity index (χ0) is 23.8. The highest BCUT2D eigenvalue weighted by atomic mass is 16.5. The number of ether oxygens (including phenoxy) is 2. The van der Waals surface area contributed by atoms with Crippen LogP contribution in [0, 0.1) is 11.8 Å². The molecule has 1 aromatic carbocycles. The molecule has 184 valence electrons. The molecule has 1 aromatic heterocycles. The molecule has 0 bridgehead atoms. The van der Waals surface area contributed by atoms with E-state index in [1.165, 1.54) is 0 Å². The number of carbonyl (C=O) groups is 1.